The Kier molecular flexibility index (Phi) is 7.08. The lowest BCUT2D eigenvalue weighted by Gasteiger charge is -2.30. The van der Waals surface area contributed by atoms with Gasteiger partial charge in [-0.15, -0.1) is 0 Å². The second kappa shape index (κ2) is 10.2. The maximum absolute atomic E-state index is 14.4. The number of carbonyl (C=O) groups excluding carboxylic acids is 2. The molecule has 0 aliphatic heterocycles. The van der Waals surface area contributed by atoms with Crippen LogP contribution in [0.25, 0.3) is 11.3 Å². The Balaban J connectivity index is 1.41. The summed E-state index contributed by atoms with van der Waals surface area (Å²) in [6.07, 6.45) is 3.48. The third-order valence-corrected chi connectivity index (χ3v) is 6.31. The van der Waals surface area contributed by atoms with E-state index in [0.717, 1.165) is 25.7 Å². The molecule has 1 fully saturated rings. The molecule has 1 saturated carbocycles. The highest BCUT2D eigenvalue weighted by molar-refractivity contribution is 6.33. The van der Waals surface area contributed by atoms with E-state index in [1.165, 1.54) is 12.1 Å². The summed E-state index contributed by atoms with van der Waals surface area (Å²) in [5.41, 5.74) is 0.948. The second-order valence-electron chi connectivity index (χ2n) is 8.34. The van der Waals surface area contributed by atoms with Crippen LogP contribution in [-0.4, -0.2) is 29.6 Å². The Bertz CT molecular complexity index is 1130. The van der Waals surface area contributed by atoms with Crippen LogP contribution in [0, 0.1) is 18.7 Å². The quantitative estimate of drug-likeness (QED) is 0.522. The normalized spacial score (nSPS) is 18.0. The van der Waals surface area contributed by atoms with Gasteiger partial charge in [0.1, 0.15) is 22.8 Å². The molecule has 172 valence electrons. The van der Waals surface area contributed by atoms with Crippen LogP contribution >= 0.6 is 11.6 Å². The van der Waals surface area contributed by atoms with E-state index in [4.69, 9.17) is 16.1 Å². The average Bonchev–Trinajstić information content (AvgIpc) is 3.19. The zero-order chi connectivity index (χ0) is 23.4. The van der Waals surface area contributed by atoms with Crippen molar-refractivity contribution in [2.75, 3.05) is 6.54 Å². The molecule has 0 saturated heterocycles. The number of hydrogen-bond acceptors (Lipinski definition) is 4. The Labute approximate surface area is 196 Å². The highest BCUT2D eigenvalue weighted by Gasteiger charge is 2.29. The minimum Gasteiger partial charge on any atom is -0.360 e. The summed E-state index contributed by atoms with van der Waals surface area (Å²) < 4.78 is 19.7. The van der Waals surface area contributed by atoms with E-state index in [9.17, 15) is 14.0 Å². The van der Waals surface area contributed by atoms with Gasteiger partial charge in [-0.2, -0.15) is 0 Å². The van der Waals surface area contributed by atoms with Gasteiger partial charge in [0, 0.05) is 18.2 Å². The zero-order valence-electron chi connectivity index (χ0n) is 18.2. The van der Waals surface area contributed by atoms with Gasteiger partial charge in [0.2, 0.25) is 0 Å². The third-order valence-electron chi connectivity index (χ3n) is 5.99. The molecule has 8 heteroatoms. The Morgan fingerprint density at radius 1 is 1.12 bits per heavy atom. The van der Waals surface area contributed by atoms with Crippen LogP contribution in [-0.2, 0) is 0 Å². The average molecular weight is 470 g/mol. The number of amides is 2. The van der Waals surface area contributed by atoms with Crippen molar-refractivity contribution in [2.24, 2.45) is 5.92 Å². The topological polar surface area (TPSA) is 84.2 Å². The van der Waals surface area contributed by atoms with Crippen LogP contribution in [0.2, 0.25) is 5.02 Å². The summed E-state index contributed by atoms with van der Waals surface area (Å²) in [6, 6.07) is 13.3. The lowest BCUT2D eigenvalue weighted by molar-refractivity contribution is 0.0901. The van der Waals surface area contributed by atoms with Crippen molar-refractivity contribution in [3.8, 4) is 11.3 Å². The molecule has 0 radical (unpaired) electrons. The van der Waals surface area contributed by atoms with Gasteiger partial charge in [-0.1, -0.05) is 47.4 Å². The molecule has 4 rings (SSSR count). The summed E-state index contributed by atoms with van der Waals surface area (Å²) in [5.74, 6) is -0.503. The van der Waals surface area contributed by atoms with Gasteiger partial charge in [0.05, 0.1) is 10.6 Å². The molecule has 1 aromatic heterocycles. The molecule has 2 N–H and O–H groups in total. The van der Waals surface area contributed by atoms with Crippen LogP contribution in [0.1, 0.15) is 52.2 Å². The molecule has 0 spiro atoms. The predicted molar refractivity (Wildman–Crippen MR) is 124 cm³/mol. The number of aryl methyl sites for hydroxylation is 1. The van der Waals surface area contributed by atoms with Gasteiger partial charge in [0.15, 0.2) is 0 Å². The summed E-state index contributed by atoms with van der Waals surface area (Å²) >= 11 is 6.18. The Hall–Kier alpha value is -3.19. The van der Waals surface area contributed by atoms with Crippen molar-refractivity contribution >= 4 is 23.4 Å². The fourth-order valence-corrected chi connectivity index (χ4v) is 4.58. The molecule has 2 amide bonds. The minimum absolute atomic E-state index is 0.0475. The summed E-state index contributed by atoms with van der Waals surface area (Å²) in [4.78, 5) is 25.5. The lowest BCUT2D eigenvalue weighted by Crippen LogP contribution is -2.41. The maximum Gasteiger partial charge on any atom is 0.257 e. The number of nitrogens with zero attached hydrogens (tertiary/aromatic N) is 1. The molecule has 33 heavy (non-hydrogen) atoms. The lowest BCUT2D eigenvalue weighted by atomic mass is 9.85. The first kappa shape index (κ1) is 23.0. The van der Waals surface area contributed by atoms with E-state index in [-0.39, 0.29) is 45.6 Å². The smallest absolute Gasteiger partial charge is 0.257 e. The van der Waals surface area contributed by atoms with Crippen LogP contribution in [0.3, 0.4) is 0 Å². The monoisotopic (exact) mass is 469 g/mol. The standard InChI is InChI=1S/C25H25ClFN3O3/c1-15-21(23(30-33-15)22-19(26)11-6-12-20(22)27)25(32)29-18-10-5-7-16(13-18)14-28-24(31)17-8-3-2-4-9-17/h2-4,6,8-9,11-12,16,18H,5,7,10,13-14H2,1H3,(H,28,31)(H,29,32)/t16-,18+/m1/s1. The van der Waals surface area contributed by atoms with Crippen molar-refractivity contribution in [1.29, 1.82) is 0 Å². The van der Waals surface area contributed by atoms with Crippen molar-refractivity contribution in [2.45, 2.75) is 38.6 Å². The number of carbonyl (C=O) groups is 2. The van der Waals surface area contributed by atoms with Crippen molar-refractivity contribution in [3.63, 3.8) is 0 Å². The summed E-state index contributed by atoms with van der Waals surface area (Å²) in [7, 11) is 0. The van der Waals surface area contributed by atoms with Crippen LogP contribution < -0.4 is 10.6 Å². The Morgan fingerprint density at radius 3 is 2.67 bits per heavy atom. The number of halogens is 2. The fourth-order valence-electron chi connectivity index (χ4n) is 4.33. The van der Waals surface area contributed by atoms with E-state index < -0.39 is 5.82 Å². The van der Waals surface area contributed by atoms with Gasteiger partial charge in [-0.25, -0.2) is 4.39 Å². The van der Waals surface area contributed by atoms with Crippen LogP contribution in [0.4, 0.5) is 4.39 Å². The Morgan fingerprint density at radius 2 is 1.91 bits per heavy atom. The van der Waals surface area contributed by atoms with Gasteiger partial charge >= 0.3 is 0 Å². The van der Waals surface area contributed by atoms with Gasteiger partial charge in [-0.05, 0) is 56.4 Å². The van der Waals surface area contributed by atoms with Crippen molar-refractivity contribution in [3.05, 3.63) is 76.3 Å². The molecule has 2 atom stereocenters. The second-order valence-corrected chi connectivity index (χ2v) is 8.75. The first-order chi connectivity index (χ1) is 15.9. The van der Waals surface area contributed by atoms with Crippen molar-refractivity contribution in [1.82, 2.24) is 15.8 Å². The van der Waals surface area contributed by atoms with E-state index in [2.05, 4.69) is 15.8 Å². The third kappa shape index (κ3) is 5.25. The molecule has 1 heterocycles. The van der Waals surface area contributed by atoms with Crippen LogP contribution in [0.15, 0.2) is 53.1 Å². The predicted octanol–water partition coefficient (Wildman–Crippen LogP) is 5.16. The van der Waals surface area contributed by atoms with Crippen molar-refractivity contribution < 1.29 is 18.5 Å². The number of benzene rings is 2. The van der Waals surface area contributed by atoms with Gasteiger partial charge < -0.3 is 15.2 Å². The highest BCUT2D eigenvalue weighted by atomic mass is 35.5. The van der Waals surface area contributed by atoms with Gasteiger partial charge in [0.25, 0.3) is 11.8 Å². The molecule has 2 aromatic carbocycles. The number of nitrogens with one attached hydrogen (secondary N) is 2. The fraction of sp³-hybridized carbons (Fsp3) is 0.320. The van der Waals surface area contributed by atoms with E-state index in [1.54, 1.807) is 25.1 Å². The maximum atomic E-state index is 14.4. The summed E-state index contributed by atoms with van der Waals surface area (Å²) in [5, 5.41) is 10.1. The van der Waals surface area contributed by atoms with Gasteiger partial charge in [-0.3, -0.25) is 9.59 Å². The molecule has 0 bridgehead atoms. The molecule has 6 nitrogen and oxygen atoms in total. The van der Waals surface area contributed by atoms with E-state index >= 15 is 0 Å². The number of hydrogen-bond donors (Lipinski definition) is 2. The molecule has 0 unspecified atom stereocenters. The van der Waals surface area contributed by atoms with E-state index in [1.807, 2.05) is 18.2 Å². The first-order valence-electron chi connectivity index (χ1n) is 11.0. The highest BCUT2D eigenvalue weighted by Crippen LogP contribution is 2.34. The molecular formula is C25H25ClFN3O3. The summed E-state index contributed by atoms with van der Waals surface area (Å²) in [6.45, 7) is 2.16. The molecule has 1 aliphatic carbocycles. The SMILES string of the molecule is Cc1onc(-c2c(F)cccc2Cl)c1C(=O)N[C@H]1CCC[C@@H](CNC(=O)c2ccccc2)C1. The first-order valence-corrected chi connectivity index (χ1v) is 11.4. The largest absolute Gasteiger partial charge is 0.360 e. The minimum atomic E-state index is -0.572. The number of aromatic nitrogens is 1. The van der Waals surface area contributed by atoms with E-state index in [0.29, 0.717) is 17.9 Å². The molecular weight excluding hydrogens is 445 g/mol. The van der Waals surface area contributed by atoms with Crippen LogP contribution in [0.5, 0.6) is 0 Å². The molecule has 1 aliphatic rings. The number of rotatable bonds is 6. The zero-order valence-corrected chi connectivity index (χ0v) is 19.0. The molecule has 3 aromatic rings.